The van der Waals surface area contributed by atoms with E-state index in [4.69, 9.17) is 4.74 Å². The molecule has 0 aliphatic carbocycles. The van der Waals surface area contributed by atoms with Crippen molar-refractivity contribution in [3.8, 4) is 0 Å². The normalized spacial score (nSPS) is 15.2. The quantitative estimate of drug-likeness (QED) is 0.668. The monoisotopic (exact) mass is 402 g/mol. The molecule has 0 bridgehead atoms. The Bertz CT molecular complexity index is 854. The van der Waals surface area contributed by atoms with Crippen LogP contribution in [0.4, 0.5) is 5.95 Å². The third-order valence-electron chi connectivity index (χ3n) is 4.41. The van der Waals surface area contributed by atoms with Crippen molar-refractivity contribution in [1.82, 2.24) is 14.9 Å². The molecule has 0 saturated carbocycles. The molecule has 1 fully saturated rings. The second-order valence-electron chi connectivity index (χ2n) is 6.12. The van der Waals surface area contributed by atoms with E-state index in [1.165, 1.54) is 0 Å². The molecule has 0 radical (unpaired) electrons. The number of amides is 1. The van der Waals surface area contributed by atoms with Crippen LogP contribution in [0.3, 0.4) is 0 Å². The molecule has 2 heterocycles. The van der Waals surface area contributed by atoms with E-state index in [9.17, 15) is 13.8 Å². The average Bonchev–Trinajstić information content (AvgIpc) is 2.77. The van der Waals surface area contributed by atoms with Crippen molar-refractivity contribution < 1.29 is 18.5 Å². The van der Waals surface area contributed by atoms with Gasteiger partial charge >= 0.3 is 5.97 Å². The fourth-order valence-corrected chi connectivity index (χ4v) is 3.83. The summed E-state index contributed by atoms with van der Waals surface area (Å²) < 4.78 is 17.3. The lowest BCUT2D eigenvalue weighted by molar-refractivity contribution is -0.134. The maximum absolute atomic E-state index is 12.4. The van der Waals surface area contributed by atoms with E-state index in [1.54, 1.807) is 54.5 Å². The Kier molecular flexibility index (Phi) is 6.70. The van der Waals surface area contributed by atoms with E-state index in [0.29, 0.717) is 42.8 Å². The molecule has 1 atom stereocenters. The van der Waals surface area contributed by atoms with E-state index in [0.717, 1.165) is 0 Å². The predicted molar refractivity (Wildman–Crippen MR) is 104 cm³/mol. The number of ether oxygens (including phenoxy) is 1. The van der Waals surface area contributed by atoms with Crippen molar-refractivity contribution in [1.29, 1.82) is 0 Å². The van der Waals surface area contributed by atoms with Crippen molar-refractivity contribution in [3.63, 3.8) is 0 Å². The molecular formula is C19H22N4O4S. The van der Waals surface area contributed by atoms with Crippen LogP contribution in [0.5, 0.6) is 0 Å². The molecule has 0 N–H and O–H groups in total. The molecule has 2 aromatic rings. The van der Waals surface area contributed by atoms with E-state index < -0.39 is 16.8 Å². The summed E-state index contributed by atoms with van der Waals surface area (Å²) in [6.07, 6.45) is 3.37. The van der Waals surface area contributed by atoms with Gasteiger partial charge in [0.05, 0.1) is 21.3 Å². The molecule has 1 amide bonds. The van der Waals surface area contributed by atoms with Gasteiger partial charge in [-0.2, -0.15) is 0 Å². The molecule has 1 aromatic carbocycles. The smallest absolute Gasteiger partial charge is 0.339 e. The van der Waals surface area contributed by atoms with Crippen molar-refractivity contribution >= 4 is 28.6 Å². The van der Waals surface area contributed by atoms with Gasteiger partial charge in [-0.05, 0) is 18.2 Å². The first-order valence-corrected chi connectivity index (χ1v) is 10.4. The maximum Gasteiger partial charge on any atom is 0.339 e. The highest BCUT2D eigenvalue weighted by molar-refractivity contribution is 7.85. The Morgan fingerprint density at radius 1 is 1.07 bits per heavy atom. The molecule has 1 aliphatic heterocycles. The van der Waals surface area contributed by atoms with Gasteiger partial charge in [0.15, 0.2) is 6.61 Å². The van der Waals surface area contributed by atoms with Crippen molar-refractivity contribution in [2.45, 2.75) is 11.8 Å². The zero-order chi connectivity index (χ0) is 19.9. The summed E-state index contributed by atoms with van der Waals surface area (Å²) in [7, 11) is -1.28. The van der Waals surface area contributed by atoms with Crippen molar-refractivity contribution in [2.24, 2.45) is 0 Å². The fourth-order valence-electron chi connectivity index (χ4n) is 2.90. The summed E-state index contributed by atoms with van der Waals surface area (Å²) in [6.45, 7) is 3.68. The maximum atomic E-state index is 12.4. The minimum absolute atomic E-state index is 0.238. The summed E-state index contributed by atoms with van der Waals surface area (Å²) in [5.41, 5.74) is 0.238. The minimum Gasteiger partial charge on any atom is -0.452 e. The number of anilines is 1. The van der Waals surface area contributed by atoms with Gasteiger partial charge in [0.25, 0.3) is 5.91 Å². The molecule has 1 aliphatic rings. The number of benzene rings is 1. The van der Waals surface area contributed by atoms with E-state index in [-0.39, 0.29) is 18.1 Å². The summed E-state index contributed by atoms with van der Waals surface area (Å²) in [4.78, 5) is 37.3. The van der Waals surface area contributed by atoms with Crippen LogP contribution in [0.2, 0.25) is 0 Å². The highest BCUT2D eigenvalue weighted by Gasteiger charge is 2.24. The van der Waals surface area contributed by atoms with Crippen LogP contribution in [0.25, 0.3) is 0 Å². The fraction of sp³-hybridized carbons (Fsp3) is 0.368. The minimum atomic E-state index is -1.28. The molecule has 0 spiro atoms. The zero-order valence-corrected chi connectivity index (χ0v) is 16.4. The lowest BCUT2D eigenvalue weighted by atomic mass is 10.2. The van der Waals surface area contributed by atoms with Gasteiger partial charge in [0, 0.05) is 44.3 Å². The van der Waals surface area contributed by atoms with Crippen LogP contribution in [-0.4, -0.2) is 69.5 Å². The van der Waals surface area contributed by atoms with Gasteiger partial charge in [-0.15, -0.1) is 0 Å². The Morgan fingerprint density at radius 3 is 2.43 bits per heavy atom. The molecule has 148 valence electrons. The van der Waals surface area contributed by atoms with E-state index >= 15 is 0 Å². The van der Waals surface area contributed by atoms with E-state index in [1.807, 2.05) is 4.90 Å². The number of nitrogens with zero attached hydrogens (tertiary/aromatic N) is 4. The molecule has 28 heavy (non-hydrogen) atoms. The first-order valence-electron chi connectivity index (χ1n) is 9.04. The number of rotatable bonds is 6. The van der Waals surface area contributed by atoms with Crippen LogP contribution in [-0.2, 0) is 20.3 Å². The topological polar surface area (TPSA) is 92.7 Å². The number of hydrogen-bond acceptors (Lipinski definition) is 7. The predicted octanol–water partition coefficient (Wildman–Crippen LogP) is 1.11. The molecule has 1 aromatic heterocycles. The molecular weight excluding hydrogens is 380 g/mol. The highest BCUT2D eigenvalue weighted by Crippen LogP contribution is 2.15. The van der Waals surface area contributed by atoms with Gasteiger partial charge in [-0.25, -0.2) is 14.8 Å². The van der Waals surface area contributed by atoms with Gasteiger partial charge in [0.1, 0.15) is 0 Å². The van der Waals surface area contributed by atoms with Crippen LogP contribution in [0, 0.1) is 0 Å². The average molecular weight is 402 g/mol. The summed E-state index contributed by atoms with van der Waals surface area (Å²) in [5, 5.41) is 0. The number of aromatic nitrogens is 2. The summed E-state index contributed by atoms with van der Waals surface area (Å²) in [5.74, 6) is 0.151. The Labute approximate surface area is 166 Å². The Morgan fingerprint density at radius 2 is 1.75 bits per heavy atom. The molecule has 1 saturated heterocycles. The second-order valence-corrected chi connectivity index (χ2v) is 7.83. The number of hydrogen-bond donors (Lipinski definition) is 0. The van der Waals surface area contributed by atoms with Crippen LogP contribution in [0.15, 0.2) is 47.6 Å². The zero-order valence-electron chi connectivity index (χ0n) is 15.6. The van der Waals surface area contributed by atoms with Crippen molar-refractivity contribution in [3.05, 3.63) is 48.3 Å². The lowest BCUT2D eigenvalue weighted by Crippen LogP contribution is -2.50. The van der Waals surface area contributed by atoms with Crippen LogP contribution in [0.1, 0.15) is 17.3 Å². The van der Waals surface area contributed by atoms with Crippen LogP contribution >= 0.6 is 0 Å². The number of piperazine rings is 1. The van der Waals surface area contributed by atoms with Gasteiger partial charge in [-0.1, -0.05) is 19.1 Å². The SMILES string of the molecule is CC[S@](=O)c1ccccc1C(=O)OCC(=O)N1CCN(c2ncccn2)CC1. The highest BCUT2D eigenvalue weighted by atomic mass is 32.2. The first kappa shape index (κ1) is 19.9. The third-order valence-corrected chi connectivity index (χ3v) is 5.78. The largest absolute Gasteiger partial charge is 0.452 e. The standard InChI is InChI=1S/C19H22N4O4S/c1-2-28(26)16-7-4-3-6-15(16)18(25)27-14-17(24)22-10-12-23(13-11-22)19-20-8-5-9-21-19/h3-9H,2,10-14H2,1H3/t28-/m0/s1. The molecule has 0 unspecified atom stereocenters. The number of esters is 1. The summed E-state index contributed by atoms with van der Waals surface area (Å²) >= 11 is 0. The van der Waals surface area contributed by atoms with Gasteiger partial charge in [-0.3, -0.25) is 9.00 Å². The van der Waals surface area contributed by atoms with E-state index in [2.05, 4.69) is 9.97 Å². The Hall–Kier alpha value is -2.81. The molecule has 3 rings (SSSR count). The number of carbonyl (C=O) groups excluding carboxylic acids is 2. The molecule has 8 nitrogen and oxygen atoms in total. The Balaban J connectivity index is 1.53. The molecule has 9 heteroatoms. The third kappa shape index (κ3) is 4.72. The van der Waals surface area contributed by atoms with Gasteiger partial charge in [0.2, 0.25) is 5.95 Å². The second kappa shape index (κ2) is 9.41. The van der Waals surface area contributed by atoms with Gasteiger partial charge < -0.3 is 14.5 Å². The first-order chi connectivity index (χ1) is 13.6. The van der Waals surface area contributed by atoms with Crippen molar-refractivity contribution in [2.75, 3.05) is 43.4 Å². The number of carbonyl (C=O) groups is 2. The van der Waals surface area contributed by atoms with Crippen LogP contribution < -0.4 is 4.90 Å². The summed E-state index contributed by atoms with van der Waals surface area (Å²) in [6, 6.07) is 8.36. The lowest BCUT2D eigenvalue weighted by Gasteiger charge is -2.34.